The van der Waals surface area contributed by atoms with Gasteiger partial charge in [0.25, 0.3) is 0 Å². The van der Waals surface area contributed by atoms with Crippen LogP contribution in [0.4, 0.5) is 42.3 Å². The maximum absolute atomic E-state index is 12.3. The Morgan fingerprint density at radius 1 is 0.627 bits per heavy atom. The van der Waals surface area contributed by atoms with Gasteiger partial charge in [0.15, 0.2) is 21.2 Å². The molecule has 3 aliphatic rings. The van der Waals surface area contributed by atoms with Gasteiger partial charge in [0.1, 0.15) is 23.1 Å². The third-order valence-electron chi connectivity index (χ3n) is 15.6. The van der Waals surface area contributed by atoms with E-state index in [1.807, 2.05) is 150 Å². The van der Waals surface area contributed by atoms with Crippen molar-refractivity contribution in [3.63, 3.8) is 0 Å². The van der Waals surface area contributed by atoms with E-state index in [2.05, 4.69) is 133 Å². The van der Waals surface area contributed by atoms with Crippen LogP contribution in [0.3, 0.4) is 0 Å². The summed E-state index contributed by atoms with van der Waals surface area (Å²) in [6.45, 7) is 34.0. The Morgan fingerprint density at radius 2 is 1.07 bits per heavy atom. The fourth-order valence-corrected chi connectivity index (χ4v) is 11.6. The number of hydrogen-bond acceptors (Lipinski definition) is 27. The number of Topliss-reactive ketones (excluding diaryl/α,β-unsaturated/α-hetero) is 1. The van der Waals surface area contributed by atoms with Gasteiger partial charge in [0.2, 0.25) is 9.23 Å². The van der Waals surface area contributed by atoms with E-state index in [0.717, 1.165) is 129 Å². The van der Waals surface area contributed by atoms with Crippen molar-refractivity contribution in [2.24, 2.45) is 11.3 Å². The van der Waals surface area contributed by atoms with E-state index < -0.39 is 20.7 Å². The molecule has 13 rings (SSSR count). The number of alkyl halides is 1. The van der Waals surface area contributed by atoms with Crippen LogP contribution < -0.4 is 54.3 Å². The fourth-order valence-electron chi connectivity index (χ4n) is 9.13. The van der Waals surface area contributed by atoms with E-state index in [-0.39, 0.29) is 35.1 Å². The number of aromatic nitrogens is 7. The van der Waals surface area contributed by atoms with Gasteiger partial charge in [-0.05, 0) is 100 Å². The van der Waals surface area contributed by atoms with Crippen LogP contribution in [-0.2, 0) is 58.3 Å². The van der Waals surface area contributed by atoms with Gasteiger partial charge in [0, 0.05) is 158 Å². The van der Waals surface area contributed by atoms with Crippen LogP contribution in [0.2, 0.25) is 0 Å². The normalized spacial score (nSPS) is 12.5. The lowest BCUT2D eigenvalue weighted by Crippen LogP contribution is -2.37. The van der Waals surface area contributed by atoms with E-state index in [4.69, 9.17) is 85.5 Å². The minimum absolute atomic E-state index is 0.00463. The number of aliphatic hydroxyl groups excluding tert-OH is 1. The topological polar surface area (TPSA) is 402 Å². The average molecular weight is 1780 g/mol. The Bertz CT molecular complexity index is 4460. The van der Waals surface area contributed by atoms with Crippen molar-refractivity contribution in [3.05, 3.63) is 219 Å². The smallest absolute Gasteiger partial charge is 0.418 e. The molecule has 2 saturated heterocycles. The summed E-state index contributed by atoms with van der Waals surface area (Å²) in [6, 6.07) is 47.3. The molecule has 3 aliphatic heterocycles. The molecule has 35 heteroatoms. The number of hydrogen-bond donors (Lipinski definition) is 9. The van der Waals surface area contributed by atoms with E-state index in [1.54, 1.807) is 75.8 Å². The Hall–Kier alpha value is -9.08. The second-order valence-corrected chi connectivity index (χ2v) is 35.2. The van der Waals surface area contributed by atoms with Crippen LogP contribution in [0.1, 0.15) is 118 Å². The minimum Gasteiger partial charge on any atom is -0.501 e. The summed E-state index contributed by atoms with van der Waals surface area (Å²) in [5.74, 6) is 7.99. The molecule has 642 valence electrons. The number of nitriles is 1. The lowest BCUT2D eigenvalue weighted by Gasteiger charge is -2.26. The number of halogens is 4. The number of aryl methyl sites for hydroxylation is 4. The maximum Gasteiger partial charge on any atom is 0.418 e. The van der Waals surface area contributed by atoms with Crippen molar-refractivity contribution < 1.29 is 47.4 Å². The first-order valence-electron chi connectivity index (χ1n) is 37.4. The highest BCUT2D eigenvalue weighted by atomic mass is 36.0. The predicted octanol–water partition coefficient (Wildman–Crippen LogP) is 17.3. The number of nitrogen functional groups attached to an aromatic ring is 5. The summed E-state index contributed by atoms with van der Waals surface area (Å²) in [6.07, 6.45) is 12.2. The number of nitrogens with two attached hydrogens (primary N) is 5. The third-order valence-corrected chi connectivity index (χ3v) is 18.5. The Kier molecular flexibility index (Phi) is 49.9. The van der Waals surface area contributed by atoms with Crippen molar-refractivity contribution in [1.82, 2.24) is 44.7 Å². The zero-order valence-corrected chi connectivity index (χ0v) is 75.2. The first kappa shape index (κ1) is 103. The number of aliphatic hydroxyl groups is 1. The van der Waals surface area contributed by atoms with Gasteiger partial charge in [0.05, 0.1) is 74.5 Å². The van der Waals surface area contributed by atoms with Crippen LogP contribution in [-0.4, -0.2) is 144 Å². The molecule has 8 heterocycles. The lowest BCUT2D eigenvalue weighted by molar-refractivity contribution is -0.125. The predicted molar refractivity (Wildman–Crippen MR) is 486 cm³/mol. The van der Waals surface area contributed by atoms with Crippen LogP contribution in [0.5, 0.6) is 11.5 Å². The number of nitrogens with one attached hydrogen (secondary N) is 3. The van der Waals surface area contributed by atoms with Crippen molar-refractivity contribution >= 4 is 138 Å². The molecule has 0 aliphatic carbocycles. The molecule has 27 nitrogen and oxygen atoms in total. The van der Waals surface area contributed by atoms with Gasteiger partial charge in [-0.25, -0.2) is 38.1 Å². The number of anilines is 6. The molecular formula is C83H113Cl4N17O10S4. The number of morpholine rings is 2. The highest BCUT2D eigenvalue weighted by Gasteiger charge is 2.24. The second kappa shape index (κ2) is 57.2. The molecule has 118 heavy (non-hydrogen) atoms. The van der Waals surface area contributed by atoms with E-state index >= 15 is 0 Å². The molecule has 0 spiro atoms. The SMILES string of the molecule is C1=COCC1.C1COCCN1.CC(C)(C)C(=O)CC#N.Cc1ccc(-n2nc(C(C)(C)C)cc2N)cc1.Cc1ccc(-n2nc(C(C)(C)C)cc2NC(=O)Oc2ccccc2)cc1.Cc1ccc(NN)cc1.Nc1ncc(CCCl)s1.Nc1ncc(CCN2CCOCC2)s1.Nc1ncc(CCO)s1.O=C(Cl)Oc1ccccc1.O=S(Cl)Cl. The minimum atomic E-state index is -1.67. The number of ether oxygens (including phenoxy) is 5. The summed E-state index contributed by atoms with van der Waals surface area (Å²) in [5.41, 5.74) is 31.9. The van der Waals surface area contributed by atoms with Gasteiger partial charge in [-0.3, -0.25) is 20.9 Å². The van der Waals surface area contributed by atoms with Crippen molar-refractivity contribution in [2.45, 2.75) is 126 Å². The highest BCUT2D eigenvalue weighted by molar-refractivity contribution is 8.26. The molecule has 0 unspecified atom stereocenters. The van der Waals surface area contributed by atoms with Gasteiger partial charge in [-0.15, -0.1) is 45.6 Å². The fraction of sp³-hybridized carbons (Fsp3) is 0.386. The standard InChI is InChI=1S/C21H23N3O2.C14H19N3.C9H15N3OS.C7H5ClO2.C7H10N2.C7H11NO.C5H7ClN2S.C5H8N2OS.C4H9NO.C4H6O.Cl2OS/c1-15-10-12-16(13-11-15)24-19(14-18(23-24)21(2,3)4)22-20(25)26-17-8-6-5-7-9-17;1-10-5-7-11(8-6-10)17-13(15)9-12(16-17)14(2,3)4;10-9-11-7-8(14-9)1-2-12-3-5-13-6-4-12;8-7(9)10-6-4-2-1-3-5-6;1-6-2-4-7(9-8)5-3-6;1-7(2,3)6(9)4-5-8;6-2-1-4-3-8-5(7)9-4;6-5-7-3-4(9-5)1-2-8;1-3-6-4-2-5-1;1-2-4-5-3-1;1-4(2)3/h5-14H,1-4H3,(H,22,25);5-9H,15H2,1-4H3;7H,1-6H2,(H2,10,11);1-5H;2-5,9H,8H2,1H3;4H2,1-3H3;3H,1-2H2,(H2,7,8);3,8H,1-2H2,(H2,6,7);5H,1-4H2;1,3H,2,4H2;. The van der Waals surface area contributed by atoms with Gasteiger partial charge < -0.3 is 62.5 Å². The molecule has 1 amide bonds. The summed E-state index contributed by atoms with van der Waals surface area (Å²) in [4.78, 5) is 50.9. The Morgan fingerprint density at radius 3 is 1.42 bits per heavy atom. The van der Waals surface area contributed by atoms with Gasteiger partial charge >= 0.3 is 11.5 Å². The van der Waals surface area contributed by atoms with Crippen LogP contribution in [0, 0.1) is 37.5 Å². The van der Waals surface area contributed by atoms with E-state index in [0.29, 0.717) is 50.8 Å². The quantitative estimate of drug-likeness (QED) is 0.0211. The third kappa shape index (κ3) is 46.3. The van der Waals surface area contributed by atoms with Gasteiger partial charge in [-0.1, -0.05) is 152 Å². The number of carbonyl (C=O) groups excluding carboxylic acids is 3. The first-order valence-corrected chi connectivity index (χ1v) is 43.6. The molecule has 14 N–H and O–H groups in total. The number of para-hydroxylation sites is 2. The number of rotatable bonds is 14. The monoisotopic (exact) mass is 1780 g/mol. The Labute approximate surface area is 727 Å². The molecule has 10 aromatic rings. The largest absolute Gasteiger partial charge is 0.501 e. The lowest BCUT2D eigenvalue weighted by atomic mass is 9.89. The number of hydrazine groups is 1. The maximum atomic E-state index is 12.3. The molecule has 0 saturated carbocycles. The molecule has 2 fully saturated rings. The molecule has 5 aromatic heterocycles. The van der Waals surface area contributed by atoms with Crippen LogP contribution in [0.15, 0.2) is 177 Å². The molecule has 0 bridgehead atoms. The number of nitrogens with zero attached hydrogens (tertiary/aromatic N) is 9. The zero-order valence-electron chi connectivity index (χ0n) is 68.9. The van der Waals surface area contributed by atoms with E-state index in [1.165, 1.54) is 38.7 Å². The average Bonchev–Trinajstić information content (AvgIpc) is 1.67. The molecule has 5 aromatic carbocycles. The molecular weight excluding hydrogens is 1670 g/mol. The van der Waals surface area contributed by atoms with Gasteiger partial charge in [-0.2, -0.15) is 15.5 Å². The number of carbonyl (C=O) groups is 3. The number of ketones is 1. The van der Waals surface area contributed by atoms with Crippen LogP contribution in [0.25, 0.3) is 11.4 Å². The van der Waals surface area contributed by atoms with Crippen molar-refractivity contribution in [2.75, 3.05) is 112 Å². The zero-order chi connectivity index (χ0) is 87.5. The van der Waals surface area contributed by atoms with E-state index in [9.17, 15) is 14.4 Å². The van der Waals surface area contributed by atoms with Crippen molar-refractivity contribution in [3.8, 4) is 28.9 Å². The summed E-state index contributed by atoms with van der Waals surface area (Å²) >= 11 is 14.9. The Balaban J connectivity index is 0.000000349. The number of benzene rings is 5. The summed E-state index contributed by atoms with van der Waals surface area (Å²) < 4.78 is 37.5. The first-order chi connectivity index (χ1) is 56.0. The summed E-state index contributed by atoms with van der Waals surface area (Å²) in [7, 11) is 7.36. The highest BCUT2D eigenvalue weighted by Crippen LogP contribution is 2.29. The number of amides is 1. The molecule has 0 atom stereocenters. The molecule has 0 radical (unpaired) electrons. The number of thiazole rings is 3. The van der Waals surface area contributed by atoms with Crippen LogP contribution >= 0.6 is 78.6 Å². The summed E-state index contributed by atoms with van der Waals surface area (Å²) in [5, 5.41) is 33.7. The van der Waals surface area contributed by atoms with Crippen molar-refractivity contribution in [1.29, 1.82) is 5.26 Å². The second-order valence-electron chi connectivity index (χ2n) is 28.6.